The molecule has 3 rings (SSSR count). The zero-order chi connectivity index (χ0) is 13.1. The first-order valence-electron chi connectivity index (χ1n) is 7.82. The van der Waals surface area contributed by atoms with Gasteiger partial charge in [0.2, 0.25) is 0 Å². The summed E-state index contributed by atoms with van der Waals surface area (Å²) in [5.41, 5.74) is 1.58. The van der Waals surface area contributed by atoms with Crippen LogP contribution in [0.4, 0.5) is 0 Å². The van der Waals surface area contributed by atoms with Crippen LogP contribution in [-0.2, 0) is 6.42 Å². The lowest BCUT2D eigenvalue weighted by molar-refractivity contribution is 0.347. The number of thioether (sulfide) groups is 1. The van der Waals surface area contributed by atoms with Crippen LogP contribution in [0.3, 0.4) is 0 Å². The van der Waals surface area contributed by atoms with Crippen LogP contribution >= 0.6 is 11.8 Å². The highest BCUT2D eigenvalue weighted by Crippen LogP contribution is 2.43. The summed E-state index contributed by atoms with van der Waals surface area (Å²) in [6, 6.07) is 8.97. The molecule has 3 atom stereocenters. The van der Waals surface area contributed by atoms with Gasteiger partial charge in [-0.25, -0.2) is 0 Å². The Morgan fingerprint density at radius 2 is 2.05 bits per heavy atom. The lowest BCUT2D eigenvalue weighted by Crippen LogP contribution is -2.26. The summed E-state index contributed by atoms with van der Waals surface area (Å²) < 4.78 is 0. The standard InChI is InChI=1S/C17H25NS/c1-2-18-12-15-8-5-7-13(15)10-16-11-14-6-3-4-9-17(14)19-16/h3-4,6,9,13,15-16,18H,2,5,7-8,10-12H2,1H3. The number of fused-ring (bicyclic) bond motifs is 1. The molecule has 0 spiro atoms. The molecule has 1 fully saturated rings. The number of hydrogen-bond acceptors (Lipinski definition) is 2. The van der Waals surface area contributed by atoms with Crippen molar-refractivity contribution < 1.29 is 0 Å². The second-order valence-corrected chi connectivity index (χ2v) is 7.39. The average molecular weight is 275 g/mol. The van der Waals surface area contributed by atoms with Gasteiger partial charge in [0, 0.05) is 10.1 Å². The van der Waals surface area contributed by atoms with Gasteiger partial charge in [-0.1, -0.05) is 38.0 Å². The predicted octanol–water partition coefficient (Wildman–Crippen LogP) is 4.12. The Labute approximate surface area is 121 Å². The number of benzene rings is 1. The highest BCUT2D eigenvalue weighted by molar-refractivity contribution is 8.00. The molecule has 1 aliphatic heterocycles. The van der Waals surface area contributed by atoms with Crippen molar-refractivity contribution in [2.45, 2.75) is 49.2 Å². The zero-order valence-electron chi connectivity index (χ0n) is 11.9. The number of rotatable bonds is 5. The van der Waals surface area contributed by atoms with E-state index < -0.39 is 0 Å². The molecule has 2 heteroatoms. The normalized spacial score (nSPS) is 29.6. The van der Waals surface area contributed by atoms with Gasteiger partial charge in [-0.15, -0.1) is 11.8 Å². The third-order valence-corrected chi connectivity index (χ3v) is 6.10. The molecule has 19 heavy (non-hydrogen) atoms. The Bertz CT molecular complexity index is 392. The van der Waals surface area contributed by atoms with Crippen LogP contribution in [-0.4, -0.2) is 18.3 Å². The van der Waals surface area contributed by atoms with E-state index in [1.165, 1.54) is 43.5 Å². The maximum absolute atomic E-state index is 3.56. The Kier molecular flexibility index (Phi) is 4.49. The number of nitrogens with one attached hydrogen (secondary N) is 1. The van der Waals surface area contributed by atoms with Gasteiger partial charge in [0.25, 0.3) is 0 Å². The van der Waals surface area contributed by atoms with E-state index >= 15 is 0 Å². The Morgan fingerprint density at radius 1 is 1.21 bits per heavy atom. The summed E-state index contributed by atoms with van der Waals surface area (Å²) in [4.78, 5) is 1.54. The van der Waals surface area contributed by atoms with Crippen LogP contribution in [0.25, 0.3) is 0 Å². The first-order chi connectivity index (χ1) is 9.36. The minimum atomic E-state index is 0.838. The van der Waals surface area contributed by atoms with E-state index in [1.54, 1.807) is 5.56 Å². The van der Waals surface area contributed by atoms with E-state index in [0.717, 1.165) is 23.6 Å². The smallest absolute Gasteiger partial charge is 0.0138 e. The molecule has 1 N–H and O–H groups in total. The molecule has 0 saturated heterocycles. The van der Waals surface area contributed by atoms with Gasteiger partial charge in [0.1, 0.15) is 0 Å². The summed E-state index contributed by atoms with van der Waals surface area (Å²) in [5, 5.41) is 4.39. The van der Waals surface area contributed by atoms with Crippen molar-refractivity contribution in [1.82, 2.24) is 5.32 Å². The van der Waals surface area contributed by atoms with Gasteiger partial charge in [-0.3, -0.25) is 0 Å². The van der Waals surface area contributed by atoms with Crippen molar-refractivity contribution in [3.05, 3.63) is 29.8 Å². The van der Waals surface area contributed by atoms with Gasteiger partial charge >= 0.3 is 0 Å². The highest BCUT2D eigenvalue weighted by atomic mass is 32.2. The van der Waals surface area contributed by atoms with Crippen LogP contribution < -0.4 is 5.32 Å². The summed E-state index contributed by atoms with van der Waals surface area (Å²) in [5.74, 6) is 1.90. The van der Waals surface area contributed by atoms with Crippen LogP contribution in [0.5, 0.6) is 0 Å². The first kappa shape index (κ1) is 13.5. The zero-order valence-corrected chi connectivity index (χ0v) is 12.7. The molecule has 1 saturated carbocycles. The summed E-state index contributed by atoms with van der Waals surface area (Å²) in [7, 11) is 0. The van der Waals surface area contributed by atoms with Gasteiger partial charge in [0.05, 0.1) is 0 Å². The molecule has 1 nitrogen and oxygen atoms in total. The van der Waals surface area contributed by atoms with Crippen LogP contribution in [0.15, 0.2) is 29.2 Å². The first-order valence-corrected chi connectivity index (χ1v) is 8.70. The second-order valence-electron chi connectivity index (χ2n) is 6.05. The van der Waals surface area contributed by atoms with E-state index in [-0.39, 0.29) is 0 Å². The fraction of sp³-hybridized carbons (Fsp3) is 0.647. The van der Waals surface area contributed by atoms with Crippen molar-refractivity contribution >= 4 is 11.8 Å². The fourth-order valence-corrected chi connectivity index (χ4v) is 5.17. The highest BCUT2D eigenvalue weighted by Gasteiger charge is 2.31. The average Bonchev–Trinajstić information content (AvgIpc) is 3.02. The SMILES string of the molecule is CCNCC1CCCC1CC1Cc2ccccc2S1. The van der Waals surface area contributed by atoms with Gasteiger partial charge < -0.3 is 5.32 Å². The predicted molar refractivity (Wildman–Crippen MR) is 83.8 cm³/mol. The maximum atomic E-state index is 3.56. The number of hydrogen-bond donors (Lipinski definition) is 1. The molecular weight excluding hydrogens is 250 g/mol. The molecular formula is C17H25NS. The lowest BCUT2D eigenvalue weighted by atomic mass is 9.90. The minimum Gasteiger partial charge on any atom is -0.317 e. The topological polar surface area (TPSA) is 12.0 Å². The maximum Gasteiger partial charge on any atom is 0.0138 e. The Balaban J connectivity index is 1.55. The van der Waals surface area contributed by atoms with Crippen LogP contribution in [0.1, 0.15) is 38.2 Å². The van der Waals surface area contributed by atoms with Crippen molar-refractivity contribution in [1.29, 1.82) is 0 Å². The van der Waals surface area contributed by atoms with Crippen LogP contribution in [0.2, 0.25) is 0 Å². The van der Waals surface area contributed by atoms with Crippen molar-refractivity contribution in [2.75, 3.05) is 13.1 Å². The molecule has 0 amide bonds. The quantitative estimate of drug-likeness (QED) is 0.867. The third kappa shape index (κ3) is 3.17. The van der Waals surface area contributed by atoms with E-state index in [9.17, 15) is 0 Å². The van der Waals surface area contributed by atoms with E-state index in [1.807, 2.05) is 0 Å². The molecule has 104 valence electrons. The molecule has 0 bridgehead atoms. The van der Waals surface area contributed by atoms with Crippen molar-refractivity contribution in [3.63, 3.8) is 0 Å². The minimum absolute atomic E-state index is 0.838. The molecule has 1 aliphatic carbocycles. The summed E-state index contributed by atoms with van der Waals surface area (Å²) in [6.45, 7) is 4.58. The Hall–Kier alpha value is -0.470. The molecule has 1 heterocycles. The molecule has 3 unspecified atom stereocenters. The third-order valence-electron chi connectivity index (χ3n) is 4.75. The summed E-state index contributed by atoms with van der Waals surface area (Å²) in [6.07, 6.45) is 7.08. The van der Waals surface area contributed by atoms with E-state index in [4.69, 9.17) is 0 Å². The van der Waals surface area contributed by atoms with Gasteiger partial charge in [-0.05, 0) is 55.8 Å². The van der Waals surface area contributed by atoms with Crippen molar-refractivity contribution in [3.8, 4) is 0 Å². The largest absolute Gasteiger partial charge is 0.317 e. The molecule has 0 radical (unpaired) electrons. The van der Waals surface area contributed by atoms with Crippen LogP contribution in [0, 0.1) is 11.8 Å². The molecule has 2 aliphatic rings. The monoisotopic (exact) mass is 275 g/mol. The fourth-order valence-electron chi connectivity index (χ4n) is 3.75. The lowest BCUT2D eigenvalue weighted by Gasteiger charge is -2.22. The van der Waals surface area contributed by atoms with Gasteiger partial charge in [0.15, 0.2) is 0 Å². The molecule has 1 aromatic carbocycles. The van der Waals surface area contributed by atoms with E-state index in [2.05, 4.69) is 48.3 Å². The Morgan fingerprint density at radius 3 is 2.89 bits per heavy atom. The molecule has 1 aromatic rings. The van der Waals surface area contributed by atoms with Gasteiger partial charge in [-0.2, -0.15) is 0 Å². The molecule has 0 aromatic heterocycles. The van der Waals surface area contributed by atoms with Crippen molar-refractivity contribution in [2.24, 2.45) is 11.8 Å². The second kappa shape index (κ2) is 6.32. The summed E-state index contributed by atoms with van der Waals surface area (Å²) >= 11 is 2.13. The van der Waals surface area contributed by atoms with E-state index in [0.29, 0.717) is 0 Å².